The highest BCUT2D eigenvalue weighted by Gasteiger charge is 2.17. The van der Waals surface area contributed by atoms with Crippen LogP contribution in [-0.2, 0) is 23.5 Å². The summed E-state index contributed by atoms with van der Waals surface area (Å²) in [6.07, 6.45) is 2.53. The molecule has 3 aromatic rings. The second-order valence-electron chi connectivity index (χ2n) is 6.67. The van der Waals surface area contributed by atoms with Crippen molar-refractivity contribution in [2.24, 2.45) is 13.0 Å². The molecule has 1 heterocycles. The van der Waals surface area contributed by atoms with E-state index in [-0.39, 0.29) is 4.90 Å². The normalized spacial score (nSPS) is 11.7. The number of hydrogen-bond donors (Lipinski definition) is 1. The molecule has 0 saturated carbocycles. The molecule has 6 nitrogen and oxygen atoms in total. The van der Waals surface area contributed by atoms with Crippen LogP contribution in [0, 0.1) is 5.92 Å². The fourth-order valence-corrected chi connectivity index (χ4v) is 4.58. The van der Waals surface area contributed by atoms with Crippen molar-refractivity contribution < 1.29 is 8.42 Å². The van der Waals surface area contributed by atoms with E-state index in [9.17, 15) is 8.42 Å². The molecule has 1 aromatic heterocycles. The van der Waals surface area contributed by atoms with Crippen molar-refractivity contribution in [2.45, 2.75) is 35.2 Å². The van der Waals surface area contributed by atoms with Crippen LogP contribution in [0.1, 0.15) is 19.4 Å². The van der Waals surface area contributed by atoms with Gasteiger partial charge < -0.3 is 4.57 Å². The molecule has 1 N–H and O–H groups in total. The summed E-state index contributed by atoms with van der Waals surface area (Å²) in [6, 6.07) is 14.3. The maximum atomic E-state index is 12.8. The van der Waals surface area contributed by atoms with Gasteiger partial charge in [-0.05, 0) is 53.9 Å². The standard InChI is InChI=1S/C19H22N4O2S2/c1-14(2)12-15-8-10-16(11-9-15)27(24,25)22-17-6-4-5-7-18(17)26-19-21-20-13-23(19)3/h4-11,13-14,22H,12H2,1-3H3. The molecule has 0 aliphatic rings. The van der Waals surface area contributed by atoms with Gasteiger partial charge in [-0.15, -0.1) is 10.2 Å². The average Bonchev–Trinajstić information content (AvgIpc) is 3.01. The fraction of sp³-hybridized carbons (Fsp3) is 0.263. The molecule has 0 saturated heterocycles. The molecular formula is C19H22N4O2S2. The third-order valence-electron chi connectivity index (χ3n) is 3.88. The number of nitrogens with zero attached hydrogens (tertiary/aromatic N) is 3. The Hall–Kier alpha value is -2.32. The molecule has 0 aliphatic carbocycles. The van der Waals surface area contributed by atoms with Gasteiger partial charge in [0.2, 0.25) is 0 Å². The SMILES string of the molecule is CC(C)Cc1ccc(S(=O)(=O)Nc2ccccc2Sc2nncn2C)cc1. The molecule has 0 amide bonds. The Morgan fingerprint density at radius 2 is 1.81 bits per heavy atom. The first-order valence-electron chi connectivity index (χ1n) is 8.58. The first-order valence-corrected chi connectivity index (χ1v) is 10.9. The van der Waals surface area contributed by atoms with Crippen molar-refractivity contribution in [1.29, 1.82) is 0 Å². The summed E-state index contributed by atoms with van der Waals surface area (Å²) in [7, 11) is -1.84. The number of benzene rings is 2. The fourth-order valence-electron chi connectivity index (χ4n) is 2.58. The molecule has 0 atom stereocenters. The summed E-state index contributed by atoms with van der Waals surface area (Å²) in [5.41, 5.74) is 1.64. The van der Waals surface area contributed by atoms with E-state index >= 15 is 0 Å². The van der Waals surface area contributed by atoms with Crippen LogP contribution in [0.25, 0.3) is 0 Å². The van der Waals surface area contributed by atoms with E-state index in [1.165, 1.54) is 11.8 Å². The van der Waals surface area contributed by atoms with Crippen LogP contribution in [0.2, 0.25) is 0 Å². The topological polar surface area (TPSA) is 76.9 Å². The van der Waals surface area contributed by atoms with Gasteiger partial charge in [-0.2, -0.15) is 0 Å². The lowest BCUT2D eigenvalue weighted by molar-refractivity contribution is 0.601. The highest BCUT2D eigenvalue weighted by molar-refractivity contribution is 7.99. The minimum atomic E-state index is -3.68. The zero-order valence-corrected chi connectivity index (χ0v) is 17.1. The van der Waals surface area contributed by atoms with E-state index < -0.39 is 10.0 Å². The number of sulfonamides is 1. The Labute approximate surface area is 164 Å². The molecule has 0 aliphatic heterocycles. The molecule has 0 radical (unpaired) electrons. The van der Waals surface area contributed by atoms with Crippen LogP contribution in [-0.4, -0.2) is 23.2 Å². The number of hydrogen-bond acceptors (Lipinski definition) is 5. The van der Waals surface area contributed by atoms with Gasteiger partial charge in [0.15, 0.2) is 5.16 Å². The van der Waals surface area contributed by atoms with E-state index in [1.807, 2.05) is 31.3 Å². The van der Waals surface area contributed by atoms with E-state index in [2.05, 4.69) is 28.8 Å². The third kappa shape index (κ3) is 4.90. The van der Waals surface area contributed by atoms with E-state index in [0.29, 0.717) is 16.8 Å². The van der Waals surface area contributed by atoms with Gasteiger partial charge in [-0.25, -0.2) is 8.42 Å². The summed E-state index contributed by atoms with van der Waals surface area (Å²) in [6.45, 7) is 4.27. The lowest BCUT2D eigenvalue weighted by atomic mass is 10.0. The predicted molar refractivity (Wildman–Crippen MR) is 107 cm³/mol. The summed E-state index contributed by atoms with van der Waals surface area (Å²) >= 11 is 1.36. The van der Waals surface area contributed by atoms with Crippen LogP contribution >= 0.6 is 11.8 Å². The number of aryl methyl sites for hydroxylation is 1. The quantitative estimate of drug-likeness (QED) is 0.647. The van der Waals surface area contributed by atoms with Gasteiger partial charge >= 0.3 is 0 Å². The Bertz CT molecular complexity index is 1010. The molecule has 0 fully saturated rings. The third-order valence-corrected chi connectivity index (χ3v) is 6.39. The van der Waals surface area contributed by atoms with Gasteiger partial charge in [-0.1, -0.05) is 38.1 Å². The number of nitrogens with one attached hydrogen (secondary N) is 1. The number of aromatic nitrogens is 3. The van der Waals surface area contributed by atoms with Crippen LogP contribution < -0.4 is 4.72 Å². The minimum Gasteiger partial charge on any atom is -0.311 e. The van der Waals surface area contributed by atoms with Crippen molar-refractivity contribution in [3.63, 3.8) is 0 Å². The van der Waals surface area contributed by atoms with Crippen molar-refractivity contribution in [2.75, 3.05) is 4.72 Å². The number of para-hydroxylation sites is 1. The Morgan fingerprint density at radius 3 is 2.44 bits per heavy atom. The van der Waals surface area contributed by atoms with Crippen molar-refractivity contribution >= 4 is 27.5 Å². The largest absolute Gasteiger partial charge is 0.311 e. The van der Waals surface area contributed by atoms with Gasteiger partial charge in [0, 0.05) is 11.9 Å². The summed E-state index contributed by atoms with van der Waals surface area (Å²) in [5, 5.41) is 8.57. The van der Waals surface area contributed by atoms with Crippen molar-refractivity contribution in [3.05, 3.63) is 60.4 Å². The predicted octanol–water partition coefficient (Wildman–Crippen LogP) is 3.97. The smallest absolute Gasteiger partial charge is 0.261 e. The molecule has 3 rings (SSSR count). The van der Waals surface area contributed by atoms with Gasteiger partial charge in [0.1, 0.15) is 6.33 Å². The van der Waals surface area contributed by atoms with E-state index in [0.717, 1.165) is 16.9 Å². The number of rotatable bonds is 7. The molecule has 0 bridgehead atoms. The van der Waals surface area contributed by atoms with Gasteiger partial charge in [0.05, 0.1) is 10.6 Å². The van der Waals surface area contributed by atoms with Gasteiger partial charge in [0.25, 0.3) is 10.0 Å². The Morgan fingerprint density at radius 1 is 1.11 bits per heavy atom. The summed E-state index contributed by atoms with van der Waals surface area (Å²) in [4.78, 5) is 1.00. The molecule has 0 spiro atoms. The molecule has 27 heavy (non-hydrogen) atoms. The summed E-state index contributed by atoms with van der Waals surface area (Å²) < 4.78 is 30.1. The van der Waals surface area contributed by atoms with Crippen molar-refractivity contribution in [3.8, 4) is 0 Å². The first kappa shape index (κ1) is 19.4. The monoisotopic (exact) mass is 402 g/mol. The lowest BCUT2D eigenvalue weighted by Crippen LogP contribution is -2.13. The van der Waals surface area contributed by atoms with E-state index in [1.54, 1.807) is 35.2 Å². The molecule has 2 aromatic carbocycles. The van der Waals surface area contributed by atoms with Gasteiger partial charge in [-0.3, -0.25) is 4.72 Å². The zero-order chi connectivity index (χ0) is 19.4. The molecule has 142 valence electrons. The zero-order valence-electron chi connectivity index (χ0n) is 15.5. The molecule has 8 heteroatoms. The first-order chi connectivity index (χ1) is 12.8. The van der Waals surface area contributed by atoms with Crippen LogP contribution in [0.5, 0.6) is 0 Å². The minimum absolute atomic E-state index is 0.244. The highest BCUT2D eigenvalue weighted by atomic mass is 32.2. The van der Waals surface area contributed by atoms with Crippen LogP contribution in [0.3, 0.4) is 0 Å². The maximum absolute atomic E-state index is 12.8. The highest BCUT2D eigenvalue weighted by Crippen LogP contribution is 2.33. The van der Waals surface area contributed by atoms with Crippen LogP contribution in [0.4, 0.5) is 5.69 Å². The summed E-state index contributed by atoms with van der Waals surface area (Å²) in [5.74, 6) is 0.523. The Kier molecular flexibility index (Phi) is 5.86. The lowest BCUT2D eigenvalue weighted by Gasteiger charge is -2.12. The maximum Gasteiger partial charge on any atom is 0.261 e. The van der Waals surface area contributed by atoms with Crippen LogP contribution in [0.15, 0.2) is 69.8 Å². The average molecular weight is 403 g/mol. The Balaban J connectivity index is 1.83. The number of anilines is 1. The van der Waals surface area contributed by atoms with E-state index in [4.69, 9.17) is 0 Å². The van der Waals surface area contributed by atoms with Crippen molar-refractivity contribution in [1.82, 2.24) is 14.8 Å². The second kappa shape index (κ2) is 8.14. The molecular weight excluding hydrogens is 380 g/mol. The second-order valence-corrected chi connectivity index (χ2v) is 9.36. The molecule has 0 unspecified atom stereocenters.